The zero-order chi connectivity index (χ0) is 16.9. The first-order valence-electron chi connectivity index (χ1n) is 7.71. The van der Waals surface area contributed by atoms with Crippen molar-refractivity contribution in [2.45, 2.75) is 13.5 Å². The standard InChI is InChI=1S/C18H19N5O/c1-13-16(18(24)19-2)9-6-10-17(13)20-11-14-12-21-23(22-14)15-7-4-3-5-8-15/h3-10,12,20H,11H2,1-2H3,(H,19,24). The van der Waals surface area contributed by atoms with Gasteiger partial charge < -0.3 is 10.6 Å². The molecule has 2 N–H and O–H groups in total. The number of anilines is 1. The monoisotopic (exact) mass is 321 g/mol. The van der Waals surface area contributed by atoms with E-state index in [1.807, 2.05) is 55.5 Å². The van der Waals surface area contributed by atoms with Crippen LogP contribution in [0.2, 0.25) is 0 Å². The van der Waals surface area contributed by atoms with Crippen LogP contribution in [0.3, 0.4) is 0 Å². The predicted molar refractivity (Wildman–Crippen MR) is 93.3 cm³/mol. The lowest BCUT2D eigenvalue weighted by molar-refractivity contribution is 0.0962. The van der Waals surface area contributed by atoms with Crippen molar-refractivity contribution in [1.82, 2.24) is 20.3 Å². The van der Waals surface area contributed by atoms with Crippen LogP contribution in [0.5, 0.6) is 0 Å². The maximum Gasteiger partial charge on any atom is 0.251 e. The molecule has 6 heteroatoms. The molecule has 3 rings (SSSR count). The number of benzene rings is 2. The fourth-order valence-electron chi connectivity index (χ4n) is 2.45. The van der Waals surface area contributed by atoms with Crippen LogP contribution < -0.4 is 10.6 Å². The van der Waals surface area contributed by atoms with Gasteiger partial charge in [0.15, 0.2) is 0 Å². The highest BCUT2D eigenvalue weighted by Crippen LogP contribution is 2.19. The molecule has 0 spiro atoms. The van der Waals surface area contributed by atoms with E-state index in [1.165, 1.54) is 0 Å². The van der Waals surface area contributed by atoms with E-state index in [0.717, 1.165) is 22.6 Å². The van der Waals surface area contributed by atoms with Gasteiger partial charge in [-0.3, -0.25) is 4.79 Å². The molecule has 2 aromatic carbocycles. The van der Waals surface area contributed by atoms with Crippen molar-refractivity contribution in [3.8, 4) is 5.69 Å². The number of nitrogens with one attached hydrogen (secondary N) is 2. The Morgan fingerprint density at radius 3 is 2.67 bits per heavy atom. The molecule has 3 aromatic rings. The fourth-order valence-corrected chi connectivity index (χ4v) is 2.45. The van der Waals surface area contributed by atoms with Gasteiger partial charge in [-0.25, -0.2) is 0 Å². The summed E-state index contributed by atoms with van der Waals surface area (Å²) in [5.41, 5.74) is 4.22. The smallest absolute Gasteiger partial charge is 0.251 e. The number of aromatic nitrogens is 3. The zero-order valence-electron chi connectivity index (χ0n) is 13.7. The third kappa shape index (κ3) is 3.27. The van der Waals surface area contributed by atoms with Crippen molar-refractivity contribution in [1.29, 1.82) is 0 Å². The third-order valence-electron chi connectivity index (χ3n) is 3.79. The molecule has 6 nitrogen and oxygen atoms in total. The summed E-state index contributed by atoms with van der Waals surface area (Å²) >= 11 is 0. The van der Waals surface area contributed by atoms with Crippen LogP contribution in [0.1, 0.15) is 21.6 Å². The quantitative estimate of drug-likeness (QED) is 0.757. The highest BCUT2D eigenvalue weighted by atomic mass is 16.1. The minimum atomic E-state index is -0.0915. The Hall–Kier alpha value is -3.15. The molecule has 0 aliphatic carbocycles. The Kier molecular flexibility index (Phi) is 4.56. The van der Waals surface area contributed by atoms with Gasteiger partial charge in [0.2, 0.25) is 0 Å². The lowest BCUT2D eigenvalue weighted by atomic mass is 10.1. The molecule has 0 aliphatic rings. The number of rotatable bonds is 5. The van der Waals surface area contributed by atoms with Gasteiger partial charge >= 0.3 is 0 Å². The van der Waals surface area contributed by atoms with E-state index in [1.54, 1.807) is 18.0 Å². The zero-order valence-corrected chi connectivity index (χ0v) is 13.7. The maximum absolute atomic E-state index is 11.9. The number of nitrogens with zero attached hydrogens (tertiary/aromatic N) is 3. The molecule has 0 atom stereocenters. The molecule has 24 heavy (non-hydrogen) atoms. The van der Waals surface area contributed by atoms with Gasteiger partial charge in [-0.15, -0.1) is 0 Å². The van der Waals surface area contributed by atoms with Crippen LogP contribution in [0.25, 0.3) is 5.69 Å². The van der Waals surface area contributed by atoms with Crippen molar-refractivity contribution < 1.29 is 4.79 Å². The van der Waals surface area contributed by atoms with Crippen molar-refractivity contribution in [2.75, 3.05) is 12.4 Å². The van der Waals surface area contributed by atoms with Crippen molar-refractivity contribution in [2.24, 2.45) is 0 Å². The summed E-state index contributed by atoms with van der Waals surface area (Å²) < 4.78 is 0. The summed E-state index contributed by atoms with van der Waals surface area (Å²) in [7, 11) is 1.63. The molecule has 0 bridgehead atoms. The highest BCUT2D eigenvalue weighted by molar-refractivity contribution is 5.96. The molecule has 0 aliphatic heterocycles. The molecule has 1 heterocycles. The Labute approximate surface area is 140 Å². The van der Waals surface area contributed by atoms with E-state index in [9.17, 15) is 4.79 Å². The van der Waals surface area contributed by atoms with Gasteiger partial charge in [0, 0.05) is 18.3 Å². The Morgan fingerprint density at radius 2 is 1.92 bits per heavy atom. The first kappa shape index (κ1) is 15.7. The average molecular weight is 321 g/mol. The summed E-state index contributed by atoms with van der Waals surface area (Å²) in [6, 6.07) is 15.4. The topological polar surface area (TPSA) is 71.8 Å². The molecule has 0 fully saturated rings. The van der Waals surface area contributed by atoms with Gasteiger partial charge in [0.1, 0.15) is 5.69 Å². The van der Waals surface area contributed by atoms with Crippen LogP contribution in [-0.2, 0) is 6.54 Å². The second-order valence-electron chi connectivity index (χ2n) is 5.37. The summed E-state index contributed by atoms with van der Waals surface area (Å²) in [5.74, 6) is -0.0915. The Bertz CT molecular complexity index is 842. The predicted octanol–water partition coefficient (Wildman–Crippen LogP) is 2.55. The summed E-state index contributed by atoms with van der Waals surface area (Å²) in [5, 5.41) is 14.7. The number of hydrogen-bond donors (Lipinski definition) is 2. The molecule has 1 aromatic heterocycles. The molecule has 0 unspecified atom stereocenters. The number of carbonyl (C=O) groups is 1. The molecule has 0 saturated heterocycles. The largest absolute Gasteiger partial charge is 0.379 e. The van der Waals surface area contributed by atoms with Crippen LogP contribution in [0.4, 0.5) is 5.69 Å². The normalized spacial score (nSPS) is 10.4. The average Bonchev–Trinajstić information content (AvgIpc) is 3.10. The van der Waals surface area contributed by atoms with E-state index < -0.39 is 0 Å². The molecule has 1 amide bonds. The van der Waals surface area contributed by atoms with E-state index in [0.29, 0.717) is 12.1 Å². The number of carbonyl (C=O) groups excluding carboxylic acids is 1. The van der Waals surface area contributed by atoms with Gasteiger partial charge in [0.25, 0.3) is 5.91 Å². The molecule has 0 radical (unpaired) electrons. The molecular weight excluding hydrogens is 302 g/mol. The van der Waals surface area contributed by atoms with Crippen molar-refractivity contribution >= 4 is 11.6 Å². The van der Waals surface area contributed by atoms with Gasteiger partial charge in [-0.2, -0.15) is 15.0 Å². The van der Waals surface area contributed by atoms with Gasteiger partial charge in [-0.05, 0) is 36.8 Å². The van der Waals surface area contributed by atoms with Crippen molar-refractivity contribution in [3.05, 3.63) is 71.5 Å². The summed E-state index contributed by atoms with van der Waals surface area (Å²) in [6.45, 7) is 2.46. The number of para-hydroxylation sites is 1. The number of hydrogen-bond acceptors (Lipinski definition) is 4. The maximum atomic E-state index is 11.9. The fraction of sp³-hybridized carbons (Fsp3) is 0.167. The second-order valence-corrected chi connectivity index (χ2v) is 5.37. The molecule has 122 valence electrons. The van der Waals surface area contributed by atoms with Crippen LogP contribution in [0.15, 0.2) is 54.7 Å². The van der Waals surface area contributed by atoms with E-state index in [2.05, 4.69) is 20.8 Å². The second kappa shape index (κ2) is 6.95. The first-order valence-corrected chi connectivity index (χ1v) is 7.71. The highest BCUT2D eigenvalue weighted by Gasteiger charge is 2.10. The van der Waals surface area contributed by atoms with Gasteiger partial charge in [0.05, 0.1) is 18.4 Å². The third-order valence-corrected chi connectivity index (χ3v) is 3.79. The lowest BCUT2D eigenvalue weighted by Crippen LogP contribution is -2.19. The lowest BCUT2D eigenvalue weighted by Gasteiger charge is -2.11. The Balaban J connectivity index is 1.73. The van der Waals surface area contributed by atoms with Crippen LogP contribution in [0, 0.1) is 6.92 Å². The van der Waals surface area contributed by atoms with E-state index >= 15 is 0 Å². The molecular formula is C18H19N5O. The summed E-state index contributed by atoms with van der Waals surface area (Å²) in [4.78, 5) is 13.5. The summed E-state index contributed by atoms with van der Waals surface area (Å²) in [6.07, 6.45) is 1.73. The van der Waals surface area contributed by atoms with Crippen molar-refractivity contribution in [3.63, 3.8) is 0 Å². The van der Waals surface area contributed by atoms with Crippen LogP contribution in [-0.4, -0.2) is 27.9 Å². The van der Waals surface area contributed by atoms with Crippen LogP contribution >= 0.6 is 0 Å². The van der Waals surface area contributed by atoms with Gasteiger partial charge in [-0.1, -0.05) is 24.3 Å². The van der Waals surface area contributed by atoms with E-state index in [-0.39, 0.29) is 5.91 Å². The number of amides is 1. The SMILES string of the molecule is CNC(=O)c1cccc(NCc2cnn(-c3ccccc3)n2)c1C. The molecule has 0 saturated carbocycles. The Morgan fingerprint density at radius 1 is 1.12 bits per heavy atom. The van der Waals surface area contributed by atoms with E-state index in [4.69, 9.17) is 0 Å². The minimum Gasteiger partial charge on any atom is -0.379 e. The first-order chi connectivity index (χ1) is 11.7. The minimum absolute atomic E-state index is 0.0915.